The number of hydrogen-bond acceptors (Lipinski definition) is 7. The van der Waals surface area contributed by atoms with Crippen LogP contribution in [0.25, 0.3) is 0 Å². The number of hydrogen-bond donors (Lipinski definition) is 3. The summed E-state index contributed by atoms with van der Waals surface area (Å²) in [4.78, 5) is 1.35. The van der Waals surface area contributed by atoms with Gasteiger partial charge >= 0.3 is 10.4 Å². The fraction of sp³-hybridized carbons (Fsp3) is 1.00. The van der Waals surface area contributed by atoms with Gasteiger partial charge in [0.25, 0.3) is 0 Å². The third kappa shape index (κ3) is 8.74. The lowest BCUT2D eigenvalue weighted by atomic mass is 10.5. The molecule has 0 aromatic heterocycles. The van der Waals surface area contributed by atoms with E-state index in [-0.39, 0.29) is 0 Å². The van der Waals surface area contributed by atoms with E-state index < -0.39 is 32.0 Å². The van der Waals surface area contributed by atoms with Crippen LogP contribution in [-0.2, 0) is 24.6 Å². The van der Waals surface area contributed by atoms with Gasteiger partial charge in [-0.15, -0.1) is 0 Å². The van der Waals surface area contributed by atoms with Crippen molar-refractivity contribution in [3.8, 4) is 0 Å². The molecule has 0 aromatic rings. The van der Waals surface area contributed by atoms with E-state index in [9.17, 15) is 16.8 Å². The van der Waals surface area contributed by atoms with Crippen molar-refractivity contribution >= 4 is 20.4 Å². The standard InChI is InChI=1S/C6H16N2O3S.CH4O4S/c1-5(9)8(4)6(2)12(10,11)7-3;1-5-6(2,3)4/h5-7,9H,1-4H3;1H3,(H,2,3,4). The first-order chi connectivity index (χ1) is 7.89. The van der Waals surface area contributed by atoms with Crippen molar-refractivity contribution in [2.45, 2.75) is 25.4 Å². The van der Waals surface area contributed by atoms with E-state index in [2.05, 4.69) is 8.91 Å². The van der Waals surface area contributed by atoms with Crippen molar-refractivity contribution in [3.05, 3.63) is 0 Å². The van der Waals surface area contributed by atoms with Crippen LogP contribution in [0.15, 0.2) is 0 Å². The highest BCUT2D eigenvalue weighted by atomic mass is 32.3. The zero-order valence-corrected chi connectivity index (χ0v) is 12.5. The molecule has 11 heteroatoms. The number of rotatable bonds is 5. The molecule has 0 aliphatic rings. The SMILES string of the molecule is CNS(=O)(=O)C(C)N(C)C(C)O.COS(=O)(=O)O. The van der Waals surface area contributed by atoms with Gasteiger partial charge in [0.1, 0.15) is 11.6 Å². The molecule has 2 atom stereocenters. The zero-order chi connectivity index (χ0) is 15.1. The van der Waals surface area contributed by atoms with Crippen LogP contribution in [0.1, 0.15) is 13.8 Å². The molecule has 0 spiro atoms. The second-order valence-corrected chi connectivity index (χ2v) is 6.61. The molecule has 0 saturated carbocycles. The minimum atomic E-state index is -4.16. The van der Waals surface area contributed by atoms with E-state index in [1.165, 1.54) is 25.8 Å². The van der Waals surface area contributed by atoms with Gasteiger partial charge in [0.05, 0.1) is 7.11 Å². The minimum Gasteiger partial charge on any atom is -0.379 e. The van der Waals surface area contributed by atoms with Crippen LogP contribution >= 0.6 is 0 Å². The summed E-state index contributed by atoms with van der Waals surface area (Å²) in [6, 6.07) is 0. The maximum atomic E-state index is 11.2. The molecule has 0 aliphatic heterocycles. The van der Waals surface area contributed by atoms with Crippen LogP contribution in [0, 0.1) is 0 Å². The lowest BCUT2D eigenvalue weighted by molar-refractivity contribution is 0.0319. The average Bonchev–Trinajstić information content (AvgIpc) is 2.26. The van der Waals surface area contributed by atoms with Crippen LogP contribution in [-0.4, -0.2) is 64.2 Å². The number of sulfonamides is 1. The molecule has 0 aromatic carbocycles. The molecule has 0 bridgehead atoms. The van der Waals surface area contributed by atoms with Gasteiger partial charge in [0.15, 0.2) is 0 Å². The normalized spacial score (nSPS) is 15.8. The summed E-state index contributed by atoms with van der Waals surface area (Å²) in [5.74, 6) is 0. The largest absolute Gasteiger partial charge is 0.397 e. The van der Waals surface area contributed by atoms with Crippen molar-refractivity contribution in [2.75, 3.05) is 21.2 Å². The molecule has 3 N–H and O–H groups in total. The zero-order valence-electron chi connectivity index (χ0n) is 10.9. The van der Waals surface area contributed by atoms with E-state index in [0.717, 1.165) is 7.11 Å². The Morgan fingerprint density at radius 2 is 1.56 bits per heavy atom. The Labute approximate surface area is 108 Å². The van der Waals surface area contributed by atoms with Gasteiger partial charge in [0, 0.05) is 0 Å². The summed E-state index contributed by atoms with van der Waals surface area (Å²) in [6.45, 7) is 3.03. The van der Waals surface area contributed by atoms with Crippen LogP contribution in [0.2, 0.25) is 0 Å². The second-order valence-electron chi connectivity index (χ2n) is 3.24. The third-order valence-electron chi connectivity index (χ3n) is 2.11. The predicted molar refractivity (Wildman–Crippen MR) is 65.4 cm³/mol. The Bertz CT molecular complexity index is 417. The van der Waals surface area contributed by atoms with Gasteiger partial charge in [-0.3, -0.25) is 13.6 Å². The first-order valence-corrected chi connectivity index (χ1v) is 7.65. The van der Waals surface area contributed by atoms with Gasteiger partial charge in [-0.1, -0.05) is 0 Å². The van der Waals surface area contributed by atoms with Crippen LogP contribution < -0.4 is 4.72 Å². The van der Waals surface area contributed by atoms with Crippen LogP contribution in [0.5, 0.6) is 0 Å². The Balaban J connectivity index is 0. The van der Waals surface area contributed by atoms with Gasteiger partial charge in [-0.25, -0.2) is 13.1 Å². The first-order valence-electron chi connectivity index (χ1n) is 4.74. The third-order valence-corrected chi connectivity index (χ3v) is 4.33. The van der Waals surface area contributed by atoms with E-state index in [1.807, 2.05) is 0 Å². The van der Waals surface area contributed by atoms with Crippen molar-refractivity contribution in [1.29, 1.82) is 0 Å². The van der Waals surface area contributed by atoms with E-state index in [0.29, 0.717) is 0 Å². The quantitative estimate of drug-likeness (QED) is 0.416. The monoisotopic (exact) mass is 308 g/mol. The maximum absolute atomic E-state index is 11.2. The lowest BCUT2D eigenvalue weighted by Crippen LogP contribution is -2.45. The number of aliphatic hydroxyl groups is 1. The smallest absolute Gasteiger partial charge is 0.379 e. The number of nitrogens with one attached hydrogen (secondary N) is 1. The summed E-state index contributed by atoms with van der Waals surface area (Å²) in [7, 11) is -3.72. The van der Waals surface area contributed by atoms with Crippen LogP contribution in [0.4, 0.5) is 0 Å². The van der Waals surface area contributed by atoms with Crippen molar-refractivity contribution in [2.24, 2.45) is 0 Å². The molecule has 2 unspecified atom stereocenters. The Kier molecular flexibility index (Phi) is 8.89. The molecule has 0 heterocycles. The van der Waals surface area contributed by atoms with Gasteiger partial charge in [-0.05, 0) is 27.9 Å². The molecule has 112 valence electrons. The van der Waals surface area contributed by atoms with Gasteiger partial charge < -0.3 is 5.11 Å². The lowest BCUT2D eigenvalue weighted by Gasteiger charge is -2.26. The summed E-state index contributed by atoms with van der Waals surface area (Å²) < 4.78 is 54.3. The highest BCUT2D eigenvalue weighted by molar-refractivity contribution is 7.90. The summed E-state index contributed by atoms with van der Waals surface area (Å²) >= 11 is 0. The average molecular weight is 308 g/mol. The van der Waals surface area contributed by atoms with Gasteiger partial charge in [-0.2, -0.15) is 8.42 Å². The Morgan fingerprint density at radius 1 is 1.22 bits per heavy atom. The van der Waals surface area contributed by atoms with Crippen LogP contribution in [0.3, 0.4) is 0 Å². The van der Waals surface area contributed by atoms with E-state index in [1.54, 1.807) is 7.05 Å². The van der Waals surface area contributed by atoms with Crippen molar-refractivity contribution in [1.82, 2.24) is 9.62 Å². The Morgan fingerprint density at radius 3 is 1.72 bits per heavy atom. The molecule has 0 fully saturated rings. The molecule has 0 saturated heterocycles. The fourth-order valence-electron chi connectivity index (χ4n) is 0.693. The summed E-state index contributed by atoms with van der Waals surface area (Å²) in [5.41, 5.74) is 0. The molecular formula is C7H20N2O7S2. The summed E-state index contributed by atoms with van der Waals surface area (Å²) in [6.07, 6.45) is -0.775. The second kappa shape index (κ2) is 7.99. The maximum Gasteiger partial charge on any atom is 0.397 e. The fourth-order valence-corrected chi connectivity index (χ4v) is 1.65. The first kappa shape index (κ1) is 20.0. The highest BCUT2D eigenvalue weighted by Gasteiger charge is 2.25. The van der Waals surface area contributed by atoms with Crippen molar-refractivity contribution in [3.63, 3.8) is 0 Å². The molecule has 0 aliphatic carbocycles. The van der Waals surface area contributed by atoms with E-state index >= 15 is 0 Å². The number of nitrogens with zero attached hydrogens (tertiary/aromatic N) is 1. The minimum absolute atomic E-state index is 0.734. The highest BCUT2D eigenvalue weighted by Crippen LogP contribution is 2.05. The molecule has 0 rings (SSSR count). The molecule has 9 nitrogen and oxygen atoms in total. The topological polar surface area (TPSA) is 133 Å². The van der Waals surface area contributed by atoms with Crippen molar-refractivity contribution < 1.29 is 30.7 Å². The number of aliphatic hydroxyl groups excluding tert-OH is 1. The molecule has 0 radical (unpaired) electrons. The predicted octanol–water partition coefficient (Wildman–Crippen LogP) is -1.41. The van der Waals surface area contributed by atoms with Gasteiger partial charge in [0.2, 0.25) is 10.0 Å². The Hall–Kier alpha value is -0.300. The molecule has 18 heavy (non-hydrogen) atoms. The van der Waals surface area contributed by atoms with E-state index in [4.69, 9.17) is 9.66 Å². The summed E-state index contributed by atoms with van der Waals surface area (Å²) in [5, 5.41) is 8.35. The molecular weight excluding hydrogens is 288 g/mol. The molecule has 0 amide bonds.